The van der Waals surface area contributed by atoms with Gasteiger partial charge in [-0.3, -0.25) is 0 Å². The Labute approximate surface area is 33.5 Å². The molecule has 0 saturated heterocycles. The van der Waals surface area contributed by atoms with Crippen molar-refractivity contribution in [1.29, 1.82) is 0 Å². The normalized spacial score (nSPS) is 8.60. The zero-order chi connectivity index (χ0) is 4.28. The molecule has 0 aromatic rings. The lowest BCUT2D eigenvalue weighted by atomic mass is 10.2. The molecule has 0 nitrogen and oxygen atoms in total. The van der Waals surface area contributed by atoms with Gasteiger partial charge in [0.1, 0.15) is 0 Å². The Kier molecular flexibility index (Phi) is 1.90. The molecular weight excluding hydrogens is 60.1 g/mol. The van der Waals surface area contributed by atoms with E-state index in [4.69, 9.17) is 6.58 Å². The minimum absolute atomic E-state index is 0.287. The maximum absolute atomic E-state index is 4.98. The largest absolute Gasteiger partial charge is 0.0817 e. The van der Waals surface area contributed by atoms with E-state index in [2.05, 4.69) is 6.92 Å². The Bertz CT molecular complexity index is 27.0. The van der Waals surface area contributed by atoms with E-state index < -0.39 is 0 Å². The molecule has 2 radical (unpaired) electrons. The van der Waals surface area contributed by atoms with Crippen molar-refractivity contribution in [2.75, 3.05) is 0 Å². The van der Waals surface area contributed by atoms with Crippen LogP contribution in [0.4, 0.5) is 0 Å². The number of rotatable bonds is 1. The molecule has 0 heteroatoms. The molecule has 0 aliphatic carbocycles. The van der Waals surface area contributed by atoms with Crippen LogP contribution in [0.1, 0.15) is 6.92 Å². The highest BCUT2D eigenvalue weighted by Gasteiger charge is 1.74. The number of allylic oxidation sites excluding steroid dienone is 1. The van der Waals surface area contributed by atoms with Crippen molar-refractivity contribution in [3.8, 4) is 0 Å². The average molecular weight is 68.1 g/mol. The minimum atomic E-state index is 0.287. The molecule has 28 valence electrons. The monoisotopic (exact) mass is 68.1 g/mol. The molecule has 0 aliphatic heterocycles. The maximum Gasteiger partial charge on any atom is -0.0259 e. The SMILES string of the molecule is [CH]=CC([CH2])C. The van der Waals surface area contributed by atoms with Gasteiger partial charge in [0.25, 0.3) is 0 Å². The molecule has 0 spiro atoms. The van der Waals surface area contributed by atoms with Crippen LogP contribution in [0, 0.1) is 19.4 Å². The van der Waals surface area contributed by atoms with Crippen molar-refractivity contribution < 1.29 is 0 Å². The van der Waals surface area contributed by atoms with Gasteiger partial charge in [0, 0.05) is 0 Å². The van der Waals surface area contributed by atoms with Gasteiger partial charge in [0.2, 0.25) is 0 Å². The third-order valence-electron chi connectivity index (χ3n) is 0.329. The molecule has 5 heavy (non-hydrogen) atoms. The molecule has 0 amide bonds. The molecule has 0 aromatic carbocycles. The zero-order valence-corrected chi connectivity index (χ0v) is 3.44. The first-order chi connectivity index (χ1) is 2.27. The van der Waals surface area contributed by atoms with E-state index in [9.17, 15) is 0 Å². The summed E-state index contributed by atoms with van der Waals surface area (Å²) < 4.78 is 0. The van der Waals surface area contributed by atoms with Gasteiger partial charge in [-0.2, -0.15) is 0 Å². The summed E-state index contributed by atoms with van der Waals surface area (Å²) in [5, 5.41) is 0. The van der Waals surface area contributed by atoms with Gasteiger partial charge in [-0.1, -0.05) is 19.6 Å². The molecule has 0 N–H and O–H groups in total. The van der Waals surface area contributed by atoms with Gasteiger partial charge in [0.15, 0.2) is 0 Å². The van der Waals surface area contributed by atoms with Crippen molar-refractivity contribution >= 4 is 0 Å². The summed E-state index contributed by atoms with van der Waals surface area (Å²) in [7, 11) is 0. The summed E-state index contributed by atoms with van der Waals surface area (Å²) in [5.41, 5.74) is 0. The fourth-order valence-corrected chi connectivity index (χ4v) is 0. The molecule has 0 heterocycles. The fraction of sp³-hybridized carbons (Fsp3) is 0.400. The van der Waals surface area contributed by atoms with Gasteiger partial charge < -0.3 is 0 Å². The second kappa shape index (κ2) is 2.01. The summed E-state index contributed by atoms with van der Waals surface area (Å²) in [6, 6.07) is 0. The summed E-state index contributed by atoms with van der Waals surface area (Å²) >= 11 is 0. The van der Waals surface area contributed by atoms with Crippen LogP contribution < -0.4 is 0 Å². The molecule has 0 rings (SSSR count). The first-order valence-electron chi connectivity index (χ1n) is 1.65. The van der Waals surface area contributed by atoms with E-state index in [0.717, 1.165) is 0 Å². The molecule has 0 aliphatic rings. The van der Waals surface area contributed by atoms with Crippen LogP contribution in [0.3, 0.4) is 0 Å². The second-order valence-electron chi connectivity index (χ2n) is 1.17. The van der Waals surface area contributed by atoms with Gasteiger partial charge in [-0.05, 0) is 12.8 Å². The smallest absolute Gasteiger partial charge is 0.0259 e. The van der Waals surface area contributed by atoms with Gasteiger partial charge >= 0.3 is 0 Å². The van der Waals surface area contributed by atoms with Gasteiger partial charge in [0.05, 0.1) is 0 Å². The van der Waals surface area contributed by atoms with E-state index >= 15 is 0 Å². The van der Waals surface area contributed by atoms with Crippen LogP contribution in [0.15, 0.2) is 6.08 Å². The lowest BCUT2D eigenvalue weighted by Crippen LogP contribution is -1.72. The van der Waals surface area contributed by atoms with Crippen LogP contribution in [0.25, 0.3) is 0 Å². The Morgan fingerprint density at radius 3 is 2.20 bits per heavy atom. The lowest BCUT2D eigenvalue weighted by molar-refractivity contribution is 0.938. The molecule has 0 aromatic heterocycles. The Morgan fingerprint density at radius 2 is 2.20 bits per heavy atom. The molecule has 0 fully saturated rings. The predicted octanol–water partition coefficient (Wildman–Crippen LogP) is 1.45. The average Bonchev–Trinajstić information content (AvgIpc) is 1.38. The first kappa shape index (κ1) is 4.74. The third kappa shape index (κ3) is 3.74. The standard InChI is InChI=1S/C5H8/c1-4-5(2)3/h1,4-5H,2H2,3H3. The van der Waals surface area contributed by atoms with Crippen molar-refractivity contribution in [3.63, 3.8) is 0 Å². The van der Waals surface area contributed by atoms with Gasteiger partial charge in [-0.15, -0.1) is 0 Å². The lowest BCUT2D eigenvalue weighted by Gasteiger charge is -1.83. The summed E-state index contributed by atoms with van der Waals surface area (Å²) in [6.45, 7) is 10.5. The number of hydrogen-bond donors (Lipinski definition) is 0. The van der Waals surface area contributed by atoms with Crippen molar-refractivity contribution in [2.24, 2.45) is 5.92 Å². The minimum Gasteiger partial charge on any atom is -0.0817 e. The highest BCUT2D eigenvalue weighted by molar-refractivity contribution is 4.72. The van der Waals surface area contributed by atoms with Crippen LogP contribution in [0.5, 0.6) is 0 Å². The van der Waals surface area contributed by atoms with Crippen LogP contribution in [-0.4, -0.2) is 0 Å². The van der Waals surface area contributed by atoms with E-state index in [1.165, 1.54) is 0 Å². The third-order valence-corrected chi connectivity index (χ3v) is 0.329. The van der Waals surface area contributed by atoms with Crippen LogP contribution in [-0.2, 0) is 0 Å². The highest BCUT2D eigenvalue weighted by Crippen LogP contribution is 1.86. The molecular formula is C5H8. The van der Waals surface area contributed by atoms with E-state index in [0.29, 0.717) is 0 Å². The topological polar surface area (TPSA) is 0 Å². The second-order valence-corrected chi connectivity index (χ2v) is 1.17. The zero-order valence-electron chi connectivity index (χ0n) is 3.44. The Morgan fingerprint density at radius 1 is 2.00 bits per heavy atom. The summed E-state index contributed by atoms with van der Waals surface area (Å²) in [6.07, 6.45) is 1.56. The van der Waals surface area contributed by atoms with Crippen molar-refractivity contribution in [1.82, 2.24) is 0 Å². The van der Waals surface area contributed by atoms with Crippen LogP contribution >= 0.6 is 0 Å². The Balaban J connectivity index is 2.83. The van der Waals surface area contributed by atoms with E-state index in [-0.39, 0.29) is 5.92 Å². The molecule has 0 bridgehead atoms. The van der Waals surface area contributed by atoms with Crippen molar-refractivity contribution in [2.45, 2.75) is 6.92 Å². The molecule has 1 unspecified atom stereocenters. The summed E-state index contributed by atoms with van der Waals surface area (Å²) in [5.74, 6) is 0.287. The predicted molar refractivity (Wildman–Crippen MR) is 23.4 cm³/mol. The van der Waals surface area contributed by atoms with Crippen LogP contribution in [0.2, 0.25) is 0 Å². The van der Waals surface area contributed by atoms with E-state index in [1.807, 2.05) is 6.92 Å². The quantitative estimate of drug-likeness (QED) is 0.436. The fourth-order valence-electron chi connectivity index (χ4n) is 0. The maximum atomic E-state index is 4.98. The first-order valence-corrected chi connectivity index (χ1v) is 1.65. The molecule has 1 atom stereocenters. The highest BCUT2D eigenvalue weighted by atomic mass is 13.8. The van der Waals surface area contributed by atoms with E-state index in [1.54, 1.807) is 6.08 Å². The van der Waals surface area contributed by atoms with Gasteiger partial charge in [-0.25, -0.2) is 0 Å². The van der Waals surface area contributed by atoms with Crippen molar-refractivity contribution in [3.05, 3.63) is 19.6 Å². The Hall–Kier alpha value is -0.260. The summed E-state index contributed by atoms with van der Waals surface area (Å²) in [4.78, 5) is 0. The molecule has 0 saturated carbocycles. The number of hydrogen-bond acceptors (Lipinski definition) is 0.